The molecule has 2 rings (SSSR count). The van der Waals surface area contributed by atoms with Crippen LogP contribution in [0.25, 0.3) is 5.78 Å². The van der Waals surface area contributed by atoms with Crippen LogP contribution in [0.5, 0.6) is 0 Å². The van der Waals surface area contributed by atoms with E-state index in [0.717, 1.165) is 29.6 Å². The molecule has 0 spiro atoms. The van der Waals surface area contributed by atoms with Crippen molar-refractivity contribution in [2.75, 3.05) is 0 Å². The first-order chi connectivity index (χ1) is 15.8. The van der Waals surface area contributed by atoms with E-state index in [1.165, 1.54) is 51.8 Å². The predicted molar refractivity (Wildman–Crippen MR) is 149 cm³/mol. The van der Waals surface area contributed by atoms with Crippen molar-refractivity contribution in [1.29, 1.82) is 0 Å². The molecule has 0 atom stereocenters. The number of hydrogen-bond acceptors (Lipinski definition) is 3. The van der Waals surface area contributed by atoms with Gasteiger partial charge in [0, 0.05) is 0 Å². The quantitative estimate of drug-likeness (QED) is 0.189. The minimum absolute atomic E-state index is 0.380. The second kappa shape index (κ2) is 13.1. The third kappa shape index (κ3) is 6.84. The molecule has 0 radical (unpaired) electrons. The Bertz CT molecular complexity index is 817. The van der Waals surface area contributed by atoms with E-state index in [4.69, 9.17) is 14.4 Å². The van der Waals surface area contributed by atoms with E-state index in [1.54, 1.807) is 3.71 Å². The molecule has 0 saturated heterocycles. The van der Waals surface area contributed by atoms with Gasteiger partial charge in [0.15, 0.2) is 0 Å². The molecule has 0 saturated carbocycles. The summed E-state index contributed by atoms with van der Waals surface area (Å²) in [6.45, 7) is 18.3. The van der Waals surface area contributed by atoms with Crippen LogP contribution >= 0.6 is 0 Å². The zero-order valence-electron chi connectivity index (χ0n) is 23.0. The Morgan fingerprint density at radius 2 is 1.39 bits per heavy atom. The summed E-state index contributed by atoms with van der Waals surface area (Å²) in [5.74, 6) is 0.876. The van der Waals surface area contributed by atoms with Gasteiger partial charge >= 0.3 is 210 Å². The van der Waals surface area contributed by atoms with Crippen LogP contribution in [-0.4, -0.2) is 41.1 Å². The number of imidazole rings is 1. The zero-order chi connectivity index (χ0) is 24.5. The van der Waals surface area contributed by atoms with Crippen LogP contribution in [0.4, 0.5) is 0 Å². The Labute approximate surface area is 209 Å². The van der Waals surface area contributed by atoms with Gasteiger partial charge in [0.1, 0.15) is 0 Å². The average Bonchev–Trinajstić information content (AvgIpc) is 3.26. The molecule has 2 aromatic heterocycles. The number of aromatic nitrogens is 3. The van der Waals surface area contributed by atoms with E-state index in [9.17, 15) is 0 Å². The molecular weight excluding hydrogens is 529 g/mol. The molecule has 0 N–H and O–H groups in total. The average molecular weight is 581 g/mol. The van der Waals surface area contributed by atoms with Gasteiger partial charge in [-0.15, -0.1) is 0 Å². The Hall–Kier alpha value is -0.404. The summed E-state index contributed by atoms with van der Waals surface area (Å²) in [7, 11) is -1.73. The predicted octanol–water partition coefficient (Wildman–Crippen LogP) is 8.04. The number of nitrogens with zero attached hydrogens (tertiary/aromatic N) is 3. The molecule has 6 heteroatoms. The van der Waals surface area contributed by atoms with Crippen molar-refractivity contribution in [2.24, 2.45) is 0 Å². The van der Waals surface area contributed by atoms with Crippen LogP contribution in [0, 0.1) is 0 Å². The fraction of sp³-hybridized carbons (Fsp3) is 0.778. The molecule has 0 aromatic carbocycles. The molecular formula is C27H51N3OSiSn. The van der Waals surface area contributed by atoms with E-state index >= 15 is 0 Å². The second-order valence-corrected chi connectivity index (χ2v) is 28.3. The monoisotopic (exact) mass is 581 g/mol. The molecule has 0 fully saturated rings. The van der Waals surface area contributed by atoms with Crippen LogP contribution in [0.1, 0.15) is 99.6 Å². The van der Waals surface area contributed by atoms with Gasteiger partial charge in [-0.25, -0.2) is 0 Å². The van der Waals surface area contributed by atoms with Crippen molar-refractivity contribution in [2.45, 2.75) is 131 Å². The summed E-state index contributed by atoms with van der Waals surface area (Å²) in [6.07, 6.45) is 12.5. The molecule has 0 aliphatic heterocycles. The van der Waals surface area contributed by atoms with Crippen molar-refractivity contribution < 1.29 is 4.43 Å². The maximum atomic E-state index is 6.89. The van der Waals surface area contributed by atoms with Gasteiger partial charge in [0.25, 0.3) is 0 Å². The van der Waals surface area contributed by atoms with Gasteiger partial charge in [-0.2, -0.15) is 0 Å². The van der Waals surface area contributed by atoms with E-state index < -0.39 is 26.7 Å². The molecule has 0 bridgehead atoms. The second-order valence-electron chi connectivity index (χ2n) is 10.6. The number of fused-ring (bicyclic) bond motifs is 1. The van der Waals surface area contributed by atoms with Crippen molar-refractivity contribution in [3.8, 4) is 0 Å². The van der Waals surface area contributed by atoms with Crippen molar-refractivity contribution >= 4 is 36.2 Å². The molecule has 0 unspecified atom stereocenters. The Morgan fingerprint density at radius 3 is 1.85 bits per heavy atom. The van der Waals surface area contributed by atoms with Gasteiger partial charge < -0.3 is 0 Å². The fourth-order valence-corrected chi connectivity index (χ4v) is 24.7. The van der Waals surface area contributed by atoms with Gasteiger partial charge in [-0.05, 0) is 0 Å². The zero-order valence-corrected chi connectivity index (χ0v) is 26.8. The summed E-state index contributed by atoms with van der Waals surface area (Å²) in [5.41, 5.74) is 0.644. The van der Waals surface area contributed by atoms with E-state index in [1.807, 2.05) is 0 Å². The van der Waals surface area contributed by atoms with Gasteiger partial charge in [0.2, 0.25) is 0 Å². The molecule has 33 heavy (non-hydrogen) atoms. The van der Waals surface area contributed by atoms with Crippen LogP contribution in [0.15, 0.2) is 18.5 Å². The molecule has 2 heterocycles. The SMILES string of the molecule is CCC[CH2][Sn]([CH2]CCC)([CH2]CCC)[c]1cnc2nc(C(C)(C)O[Si](CC)(CC)CC)ccn12. The molecule has 2 aromatic rings. The number of unbranched alkanes of at least 4 members (excludes halogenated alkanes) is 3. The van der Waals surface area contributed by atoms with Gasteiger partial charge in [-0.1, -0.05) is 0 Å². The van der Waals surface area contributed by atoms with Crippen LogP contribution in [0.3, 0.4) is 0 Å². The van der Waals surface area contributed by atoms with Gasteiger partial charge in [0.05, 0.1) is 0 Å². The Morgan fingerprint density at radius 1 is 0.879 bits per heavy atom. The molecule has 0 amide bonds. The summed E-state index contributed by atoms with van der Waals surface area (Å²) >= 11 is -2.57. The fourth-order valence-electron chi connectivity index (χ4n) is 5.46. The standard InChI is InChI=1S/C15H24N3OSi.3C4H9.Sn/c1-6-20(7-2,8-3)19-15(4,5)13-9-11-18-12-10-16-14(18)17-13;3*1-3-4-2;/h9-11H,6-8H2,1-5H3;3*1,3-4H2,2H3;. The van der Waals surface area contributed by atoms with Crippen molar-refractivity contribution in [1.82, 2.24) is 14.4 Å². The molecule has 0 aliphatic rings. The van der Waals surface area contributed by atoms with Crippen LogP contribution in [0.2, 0.25) is 31.4 Å². The summed E-state index contributed by atoms with van der Waals surface area (Å²) in [5, 5.41) is 0. The first-order valence-corrected chi connectivity index (χ1v) is 23.8. The van der Waals surface area contributed by atoms with E-state index in [0.29, 0.717) is 0 Å². The third-order valence-electron chi connectivity index (χ3n) is 7.97. The van der Waals surface area contributed by atoms with E-state index in [-0.39, 0.29) is 5.60 Å². The first-order valence-electron chi connectivity index (χ1n) is 13.8. The maximum absolute atomic E-state index is 6.89. The van der Waals surface area contributed by atoms with E-state index in [2.05, 4.69) is 78.3 Å². The summed E-state index contributed by atoms with van der Waals surface area (Å²) in [6, 6.07) is 5.68. The summed E-state index contributed by atoms with van der Waals surface area (Å²) < 4.78 is 15.2. The van der Waals surface area contributed by atoms with Crippen molar-refractivity contribution in [3.05, 3.63) is 24.2 Å². The summed E-state index contributed by atoms with van der Waals surface area (Å²) in [4.78, 5) is 9.99. The molecule has 4 nitrogen and oxygen atoms in total. The Kier molecular flexibility index (Phi) is 11.4. The minimum atomic E-state index is -2.57. The third-order valence-corrected chi connectivity index (χ3v) is 28.2. The topological polar surface area (TPSA) is 39.4 Å². The number of rotatable bonds is 16. The van der Waals surface area contributed by atoms with Crippen LogP contribution < -0.4 is 3.71 Å². The van der Waals surface area contributed by atoms with Gasteiger partial charge in [-0.3, -0.25) is 0 Å². The molecule has 188 valence electrons. The first kappa shape index (κ1) is 28.8. The Balaban J connectivity index is 2.49. The van der Waals surface area contributed by atoms with Crippen molar-refractivity contribution in [3.63, 3.8) is 0 Å². The normalized spacial score (nSPS) is 13.2. The number of hydrogen-bond donors (Lipinski definition) is 0. The molecule has 0 aliphatic carbocycles. The van der Waals surface area contributed by atoms with Crippen LogP contribution in [-0.2, 0) is 10.0 Å².